The minimum absolute atomic E-state index is 0.0874. The van der Waals surface area contributed by atoms with E-state index in [0.717, 1.165) is 0 Å². The van der Waals surface area contributed by atoms with Crippen molar-refractivity contribution in [1.82, 2.24) is 4.72 Å². The summed E-state index contributed by atoms with van der Waals surface area (Å²) < 4.78 is 38.5. The average molecular weight is 362 g/mol. The molecule has 1 aliphatic rings. The second kappa shape index (κ2) is 7.12. The van der Waals surface area contributed by atoms with Gasteiger partial charge in [0.25, 0.3) is 0 Å². The molecule has 0 saturated carbocycles. The molecule has 25 heavy (non-hydrogen) atoms. The van der Waals surface area contributed by atoms with Gasteiger partial charge in [0.05, 0.1) is 11.4 Å². The van der Waals surface area contributed by atoms with Crippen molar-refractivity contribution in [3.63, 3.8) is 0 Å². The van der Waals surface area contributed by atoms with Gasteiger partial charge >= 0.3 is 0 Å². The highest BCUT2D eigenvalue weighted by atomic mass is 32.2. The molecule has 8 heteroatoms. The molecule has 0 aliphatic carbocycles. The van der Waals surface area contributed by atoms with E-state index in [1.54, 1.807) is 12.1 Å². The first kappa shape index (κ1) is 17.2. The highest BCUT2D eigenvalue weighted by Gasteiger charge is 2.23. The van der Waals surface area contributed by atoms with Crippen molar-refractivity contribution in [2.75, 3.05) is 18.5 Å². The Morgan fingerprint density at radius 3 is 2.48 bits per heavy atom. The van der Waals surface area contributed by atoms with Crippen LogP contribution in [0.3, 0.4) is 0 Å². The lowest BCUT2D eigenvalue weighted by molar-refractivity contribution is -0.114. The fourth-order valence-corrected chi connectivity index (χ4v) is 3.44. The fraction of sp³-hybridized carbons (Fsp3) is 0.235. The minimum Gasteiger partial charge on any atom is -0.486 e. The number of amides is 1. The molecule has 0 aromatic heterocycles. The Balaban J connectivity index is 1.61. The van der Waals surface area contributed by atoms with Crippen LogP contribution < -0.4 is 19.5 Å². The van der Waals surface area contributed by atoms with Gasteiger partial charge in [0.2, 0.25) is 15.9 Å². The van der Waals surface area contributed by atoms with E-state index in [1.165, 1.54) is 31.2 Å². The molecular formula is C17H18N2O5S. The van der Waals surface area contributed by atoms with Crippen LogP contribution in [0.2, 0.25) is 0 Å². The Morgan fingerprint density at radius 1 is 1.12 bits per heavy atom. The van der Waals surface area contributed by atoms with E-state index in [0.29, 0.717) is 17.2 Å². The zero-order valence-electron chi connectivity index (χ0n) is 13.6. The molecule has 0 spiro atoms. The summed E-state index contributed by atoms with van der Waals surface area (Å²) in [4.78, 5) is 11.1. The third-order valence-corrected chi connectivity index (χ3v) is 4.99. The second-order valence-electron chi connectivity index (χ2n) is 5.56. The number of para-hydroxylation sites is 2. The summed E-state index contributed by atoms with van der Waals surface area (Å²) in [7, 11) is -3.68. The lowest BCUT2D eigenvalue weighted by atomic mass is 10.2. The lowest BCUT2D eigenvalue weighted by Gasteiger charge is -2.26. The number of fused-ring (bicyclic) bond motifs is 1. The number of sulfonamides is 1. The standard InChI is InChI=1S/C17H18N2O5S/c1-12(20)19-13-6-8-15(9-7-13)25(21,22)18-10-14-11-23-16-4-2-3-5-17(16)24-14/h2-9,14,18H,10-11H2,1H3,(H,19,20)/t14-/m1/s1. The monoisotopic (exact) mass is 362 g/mol. The Morgan fingerprint density at radius 2 is 1.80 bits per heavy atom. The molecule has 2 aromatic rings. The average Bonchev–Trinajstić information content (AvgIpc) is 2.60. The number of nitrogens with one attached hydrogen (secondary N) is 2. The molecule has 0 fully saturated rings. The first-order valence-electron chi connectivity index (χ1n) is 7.70. The van der Waals surface area contributed by atoms with Crippen molar-refractivity contribution in [3.05, 3.63) is 48.5 Å². The zero-order chi connectivity index (χ0) is 17.9. The summed E-state index contributed by atoms with van der Waals surface area (Å²) in [5.41, 5.74) is 0.534. The number of benzene rings is 2. The number of hydrogen-bond donors (Lipinski definition) is 2. The molecular weight excluding hydrogens is 344 g/mol. The van der Waals surface area contributed by atoms with E-state index < -0.39 is 16.1 Å². The summed E-state index contributed by atoms with van der Waals surface area (Å²) in [6.07, 6.45) is -0.414. The van der Waals surface area contributed by atoms with Crippen molar-refractivity contribution >= 4 is 21.6 Å². The quantitative estimate of drug-likeness (QED) is 0.845. The normalized spacial score (nSPS) is 16.3. The van der Waals surface area contributed by atoms with Crippen molar-refractivity contribution in [2.24, 2.45) is 0 Å². The van der Waals surface area contributed by atoms with Crippen molar-refractivity contribution < 1.29 is 22.7 Å². The molecule has 3 rings (SSSR count). The van der Waals surface area contributed by atoms with Crippen LogP contribution in [0.15, 0.2) is 53.4 Å². The van der Waals surface area contributed by atoms with E-state index in [2.05, 4.69) is 10.0 Å². The van der Waals surface area contributed by atoms with Crippen LogP contribution in [0.1, 0.15) is 6.92 Å². The van der Waals surface area contributed by atoms with Crippen LogP contribution in [-0.2, 0) is 14.8 Å². The fourth-order valence-electron chi connectivity index (χ4n) is 2.37. The molecule has 1 heterocycles. The minimum atomic E-state index is -3.68. The summed E-state index contributed by atoms with van der Waals surface area (Å²) in [5.74, 6) is 1.02. The molecule has 132 valence electrons. The van der Waals surface area contributed by atoms with E-state index in [1.807, 2.05) is 12.1 Å². The lowest BCUT2D eigenvalue weighted by Crippen LogP contribution is -2.40. The van der Waals surface area contributed by atoms with Crippen molar-refractivity contribution in [1.29, 1.82) is 0 Å². The van der Waals surface area contributed by atoms with E-state index in [-0.39, 0.29) is 24.0 Å². The maximum Gasteiger partial charge on any atom is 0.240 e. The molecule has 0 bridgehead atoms. The van der Waals surface area contributed by atoms with Gasteiger partial charge in [-0.05, 0) is 36.4 Å². The highest BCUT2D eigenvalue weighted by molar-refractivity contribution is 7.89. The number of ether oxygens (including phenoxy) is 2. The first-order valence-corrected chi connectivity index (χ1v) is 9.18. The molecule has 1 amide bonds. The summed E-state index contributed by atoms with van der Waals surface area (Å²) in [6, 6.07) is 13.2. The van der Waals surface area contributed by atoms with Gasteiger partial charge < -0.3 is 14.8 Å². The van der Waals surface area contributed by atoms with E-state index in [4.69, 9.17) is 9.47 Å². The molecule has 0 unspecified atom stereocenters. The molecule has 0 saturated heterocycles. The summed E-state index contributed by atoms with van der Waals surface area (Å²) >= 11 is 0. The topological polar surface area (TPSA) is 93.7 Å². The van der Waals surface area contributed by atoms with Crippen LogP contribution in [0, 0.1) is 0 Å². The van der Waals surface area contributed by atoms with Crippen LogP contribution in [0.5, 0.6) is 11.5 Å². The number of carbonyl (C=O) groups excluding carboxylic acids is 1. The van der Waals surface area contributed by atoms with Crippen molar-refractivity contribution in [3.8, 4) is 11.5 Å². The maximum atomic E-state index is 12.4. The first-order chi connectivity index (χ1) is 11.9. The van der Waals surface area contributed by atoms with Crippen LogP contribution in [0.25, 0.3) is 0 Å². The predicted molar refractivity (Wildman–Crippen MR) is 92.3 cm³/mol. The van der Waals surface area contributed by atoms with E-state index >= 15 is 0 Å². The predicted octanol–water partition coefficient (Wildman–Crippen LogP) is 1.76. The van der Waals surface area contributed by atoms with Crippen LogP contribution in [0.4, 0.5) is 5.69 Å². The molecule has 2 aromatic carbocycles. The smallest absolute Gasteiger partial charge is 0.240 e. The number of carbonyl (C=O) groups is 1. The van der Waals surface area contributed by atoms with Gasteiger partial charge in [-0.25, -0.2) is 13.1 Å². The Bertz CT molecular complexity index is 865. The summed E-state index contributed by atoms with van der Waals surface area (Å²) in [5, 5.41) is 2.59. The maximum absolute atomic E-state index is 12.4. The third kappa shape index (κ3) is 4.28. The SMILES string of the molecule is CC(=O)Nc1ccc(S(=O)(=O)NC[C@@H]2COc3ccccc3O2)cc1. The van der Waals surface area contributed by atoms with Gasteiger partial charge in [-0.1, -0.05) is 12.1 Å². The summed E-state index contributed by atoms with van der Waals surface area (Å²) in [6.45, 7) is 1.74. The van der Waals surface area contributed by atoms with Gasteiger partial charge in [-0.3, -0.25) is 4.79 Å². The second-order valence-corrected chi connectivity index (χ2v) is 7.32. The Kier molecular flexibility index (Phi) is 4.91. The Labute approximate surface area is 146 Å². The largest absolute Gasteiger partial charge is 0.486 e. The van der Waals surface area contributed by atoms with Gasteiger partial charge in [-0.2, -0.15) is 0 Å². The molecule has 0 radical (unpaired) electrons. The molecule has 1 atom stereocenters. The van der Waals surface area contributed by atoms with Gasteiger partial charge in [0, 0.05) is 12.6 Å². The Hall–Kier alpha value is -2.58. The number of rotatable bonds is 5. The molecule has 1 aliphatic heterocycles. The van der Waals surface area contributed by atoms with Crippen molar-refractivity contribution in [2.45, 2.75) is 17.9 Å². The number of anilines is 1. The zero-order valence-corrected chi connectivity index (χ0v) is 14.4. The number of hydrogen-bond acceptors (Lipinski definition) is 5. The van der Waals surface area contributed by atoms with E-state index in [9.17, 15) is 13.2 Å². The van der Waals surface area contributed by atoms with Crippen LogP contribution >= 0.6 is 0 Å². The van der Waals surface area contributed by atoms with Crippen LogP contribution in [-0.4, -0.2) is 33.6 Å². The van der Waals surface area contributed by atoms with Gasteiger partial charge in [0.15, 0.2) is 11.5 Å². The van der Waals surface area contributed by atoms with Gasteiger partial charge in [-0.15, -0.1) is 0 Å². The molecule has 7 nitrogen and oxygen atoms in total. The third-order valence-electron chi connectivity index (χ3n) is 3.55. The highest BCUT2D eigenvalue weighted by Crippen LogP contribution is 2.30. The molecule has 2 N–H and O–H groups in total. The van der Waals surface area contributed by atoms with Gasteiger partial charge in [0.1, 0.15) is 12.7 Å².